The molecule has 0 bridgehead atoms. The monoisotopic (exact) mass is 251 g/mol. The largest absolute Gasteiger partial charge is 0.480 e. The lowest BCUT2D eigenvalue weighted by Gasteiger charge is -2.18. The van der Waals surface area contributed by atoms with Gasteiger partial charge in [-0.05, 0) is 13.3 Å². The second-order valence-electron chi connectivity index (χ2n) is 3.96. The van der Waals surface area contributed by atoms with Gasteiger partial charge < -0.3 is 10.8 Å². The molecule has 0 radical (unpaired) electrons. The van der Waals surface area contributed by atoms with E-state index in [1.54, 1.807) is 0 Å². The van der Waals surface area contributed by atoms with Gasteiger partial charge in [-0.2, -0.15) is 18.3 Å². The highest BCUT2D eigenvalue weighted by molar-refractivity contribution is 5.77. The number of nitrogens with two attached hydrogens (primary N) is 1. The van der Waals surface area contributed by atoms with E-state index < -0.39 is 23.2 Å². The molecular formula is C9H12F3N3O2. The number of aromatic nitrogens is 2. The fourth-order valence-corrected chi connectivity index (χ4v) is 1.09. The van der Waals surface area contributed by atoms with Gasteiger partial charge >= 0.3 is 12.1 Å². The van der Waals surface area contributed by atoms with E-state index >= 15 is 0 Å². The summed E-state index contributed by atoms with van der Waals surface area (Å²) in [4.78, 5) is 10.7. The quantitative estimate of drug-likeness (QED) is 0.839. The van der Waals surface area contributed by atoms with Crippen molar-refractivity contribution in [2.45, 2.75) is 31.6 Å². The zero-order chi connectivity index (χ0) is 13.3. The van der Waals surface area contributed by atoms with Gasteiger partial charge in [0.15, 0.2) is 0 Å². The highest BCUT2D eigenvalue weighted by atomic mass is 19.4. The molecule has 1 unspecified atom stereocenters. The molecule has 0 saturated carbocycles. The number of nitrogens with zero attached hydrogens (tertiary/aromatic N) is 2. The minimum absolute atomic E-state index is 0.00931. The smallest absolute Gasteiger partial charge is 0.419 e. The first-order valence-electron chi connectivity index (χ1n) is 4.75. The molecule has 96 valence electrons. The van der Waals surface area contributed by atoms with Crippen molar-refractivity contribution in [3.8, 4) is 0 Å². The number of aliphatic carboxylic acids is 1. The average Bonchev–Trinajstić information content (AvgIpc) is 2.62. The lowest BCUT2D eigenvalue weighted by molar-refractivity contribution is -0.143. The SMILES string of the molecule is CC(N)(CCn1cc(C(F)(F)F)cn1)C(=O)O. The maximum atomic E-state index is 12.2. The third-order valence-electron chi connectivity index (χ3n) is 2.31. The van der Waals surface area contributed by atoms with E-state index in [1.807, 2.05) is 0 Å². The van der Waals surface area contributed by atoms with Gasteiger partial charge in [0.2, 0.25) is 0 Å². The van der Waals surface area contributed by atoms with E-state index in [2.05, 4.69) is 5.10 Å². The van der Waals surface area contributed by atoms with Crippen LogP contribution in [0.3, 0.4) is 0 Å². The van der Waals surface area contributed by atoms with Crippen molar-refractivity contribution in [2.24, 2.45) is 5.73 Å². The Bertz CT molecular complexity index is 412. The summed E-state index contributed by atoms with van der Waals surface area (Å²) in [7, 11) is 0. The summed E-state index contributed by atoms with van der Waals surface area (Å²) in [6.45, 7) is 1.30. The van der Waals surface area contributed by atoms with Gasteiger partial charge in [-0.1, -0.05) is 0 Å². The van der Waals surface area contributed by atoms with Crippen LogP contribution in [0.25, 0.3) is 0 Å². The first-order valence-corrected chi connectivity index (χ1v) is 4.75. The molecule has 1 atom stereocenters. The molecule has 3 N–H and O–H groups in total. The number of rotatable bonds is 4. The Morgan fingerprint density at radius 3 is 2.59 bits per heavy atom. The molecule has 0 amide bonds. The molecule has 5 nitrogen and oxygen atoms in total. The normalized spacial score (nSPS) is 15.6. The Labute approximate surface area is 95.0 Å². The zero-order valence-corrected chi connectivity index (χ0v) is 9.03. The van der Waals surface area contributed by atoms with Gasteiger partial charge in [0, 0.05) is 12.7 Å². The molecule has 1 heterocycles. The molecule has 17 heavy (non-hydrogen) atoms. The van der Waals surface area contributed by atoms with E-state index in [9.17, 15) is 18.0 Å². The molecule has 8 heteroatoms. The maximum Gasteiger partial charge on any atom is 0.419 e. The average molecular weight is 251 g/mol. The fourth-order valence-electron chi connectivity index (χ4n) is 1.09. The molecule has 1 aromatic heterocycles. The Kier molecular flexibility index (Phi) is 3.46. The van der Waals surface area contributed by atoms with Crippen molar-refractivity contribution in [1.82, 2.24) is 9.78 Å². The van der Waals surface area contributed by atoms with E-state index in [1.165, 1.54) is 6.92 Å². The van der Waals surface area contributed by atoms with Gasteiger partial charge in [0.25, 0.3) is 0 Å². The highest BCUT2D eigenvalue weighted by Gasteiger charge is 2.32. The van der Waals surface area contributed by atoms with Crippen LogP contribution in [0.2, 0.25) is 0 Å². The van der Waals surface area contributed by atoms with E-state index in [-0.39, 0.29) is 13.0 Å². The first-order chi connectivity index (χ1) is 7.63. The minimum Gasteiger partial charge on any atom is -0.480 e. The number of alkyl halides is 3. The molecular weight excluding hydrogens is 239 g/mol. The van der Waals surface area contributed by atoms with Crippen LogP contribution in [0.15, 0.2) is 12.4 Å². The summed E-state index contributed by atoms with van der Waals surface area (Å²) in [5.74, 6) is -1.21. The van der Waals surface area contributed by atoms with Crippen LogP contribution in [-0.4, -0.2) is 26.4 Å². The van der Waals surface area contributed by atoms with Crippen LogP contribution < -0.4 is 5.73 Å². The predicted molar refractivity (Wildman–Crippen MR) is 52.1 cm³/mol. The molecule has 0 spiro atoms. The summed E-state index contributed by atoms with van der Waals surface area (Å²) >= 11 is 0. The van der Waals surface area contributed by atoms with Crippen LogP contribution in [0.5, 0.6) is 0 Å². The Hall–Kier alpha value is -1.57. The Morgan fingerprint density at radius 2 is 2.18 bits per heavy atom. The number of carbonyl (C=O) groups is 1. The van der Waals surface area contributed by atoms with E-state index in [4.69, 9.17) is 10.8 Å². The molecule has 0 fully saturated rings. The Morgan fingerprint density at radius 1 is 1.59 bits per heavy atom. The maximum absolute atomic E-state index is 12.2. The summed E-state index contributed by atoms with van der Waals surface area (Å²) in [5, 5.41) is 12.2. The van der Waals surface area contributed by atoms with Gasteiger partial charge in [0.1, 0.15) is 5.54 Å². The van der Waals surface area contributed by atoms with Crippen molar-refractivity contribution in [3.63, 3.8) is 0 Å². The van der Waals surface area contributed by atoms with Crippen LogP contribution in [0, 0.1) is 0 Å². The van der Waals surface area contributed by atoms with Crippen molar-refractivity contribution in [2.75, 3.05) is 0 Å². The molecule has 0 aliphatic carbocycles. The van der Waals surface area contributed by atoms with Crippen LogP contribution >= 0.6 is 0 Å². The van der Waals surface area contributed by atoms with Crippen molar-refractivity contribution < 1.29 is 23.1 Å². The van der Waals surface area contributed by atoms with Gasteiger partial charge in [0.05, 0.1) is 11.8 Å². The Balaban J connectivity index is 2.66. The van der Waals surface area contributed by atoms with Crippen molar-refractivity contribution >= 4 is 5.97 Å². The third-order valence-corrected chi connectivity index (χ3v) is 2.31. The van der Waals surface area contributed by atoms with Crippen molar-refractivity contribution in [3.05, 3.63) is 18.0 Å². The van der Waals surface area contributed by atoms with Gasteiger partial charge in [-0.15, -0.1) is 0 Å². The summed E-state index contributed by atoms with van der Waals surface area (Å²) in [6.07, 6.45) is -2.95. The molecule has 0 aromatic carbocycles. The molecule has 1 rings (SSSR count). The zero-order valence-electron chi connectivity index (χ0n) is 9.03. The van der Waals surface area contributed by atoms with Crippen LogP contribution in [0.1, 0.15) is 18.9 Å². The number of aryl methyl sites for hydroxylation is 1. The number of carboxylic acids is 1. The summed E-state index contributed by atoms with van der Waals surface area (Å²) in [6, 6.07) is 0. The lowest BCUT2D eigenvalue weighted by Crippen LogP contribution is -2.45. The predicted octanol–water partition coefficient (Wildman–Crippen LogP) is 1.09. The molecule has 1 aromatic rings. The summed E-state index contributed by atoms with van der Waals surface area (Å²) < 4.78 is 37.7. The minimum atomic E-state index is -4.45. The second-order valence-corrected chi connectivity index (χ2v) is 3.96. The van der Waals surface area contributed by atoms with Crippen LogP contribution in [0.4, 0.5) is 13.2 Å². The third kappa shape index (κ3) is 3.45. The highest BCUT2D eigenvalue weighted by Crippen LogP contribution is 2.28. The second kappa shape index (κ2) is 4.36. The number of hydrogen-bond acceptors (Lipinski definition) is 3. The topological polar surface area (TPSA) is 81.1 Å². The van der Waals surface area contributed by atoms with E-state index in [0.717, 1.165) is 10.9 Å². The van der Waals surface area contributed by atoms with Gasteiger partial charge in [-0.3, -0.25) is 9.48 Å². The van der Waals surface area contributed by atoms with Crippen LogP contribution in [-0.2, 0) is 17.5 Å². The number of hydrogen-bond donors (Lipinski definition) is 2. The number of halogens is 3. The fraction of sp³-hybridized carbons (Fsp3) is 0.556. The first kappa shape index (κ1) is 13.5. The van der Waals surface area contributed by atoms with Crippen molar-refractivity contribution in [1.29, 1.82) is 0 Å². The molecule has 0 saturated heterocycles. The van der Waals surface area contributed by atoms with Gasteiger partial charge in [-0.25, -0.2) is 0 Å². The standard InChI is InChI=1S/C9H12F3N3O2/c1-8(13,7(16)17)2-3-15-5-6(4-14-15)9(10,11)12/h4-5H,2-3,13H2,1H3,(H,16,17). The number of carboxylic acid groups (broad SMARTS) is 1. The lowest BCUT2D eigenvalue weighted by atomic mass is 10.00. The van der Waals surface area contributed by atoms with E-state index in [0.29, 0.717) is 6.20 Å². The molecule has 0 aliphatic heterocycles. The molecule has 0 aliphatic rings. The summed E-state index contributed by atoms with van der Waals surface area (Å²) in [5.41, 5.74) is 3.09.